The van der Waals surface area contributed by atoms with Gasteiger partial charge in [0.2, 0.25) is 0 Å². The molecule has 2 atom stereocenters. The number of alkyl carbamates (subject to hydrolysis) is 1. The van der Waals surface area contributed by atoms with Crippen LogP contribution in [0.2, 0.25) is 0 Å². The third-order valence-electron chi connectivity index (χ3n) is 3.09. The average Bonchev–Trinajstić information content (AvgIpc) is 2.69. The van der Waals surface area contributed by atoms with Gasteiger partial charge in [-0.2, -0.15) is 0 Å². The molecule has 19 heavy (non-hydrogen) atoms. The molecule has 2 fully saturated rings. The molecule has 110 valence electrons. The van der Waals surface area contributed by atoms with Crippen LogP contribution in [0.15, 0.2) is 0 Å². The van der Waals surface area contributed by atoms with Crippen molar-refractivity contribution in [2.45, 2.75) is 51.1 Å². The molecule has 1 spiro atoms. The molecule has 2 saturated heterocycles. The smallest absolute Gasteiger partial charge is 0.407 e. The fraction of sp³-hybridized carbons (Fsp3) is 0.923. The number of carbonyl (C=O) groups is 1. The largest absolute Gasteiger partial charge is 0.444 e. The lowest BCUT2D eigenvalue weighted by Gasteiger charge is -2.32. The van der Waals surface area contributed by atoms with Gasteiger partial charge in [-0.1, -0.05) is 0 Å². The summed E-state index contributed by atoms with van der Waals surface area (Å²) in [5.74, 6) is -0.488. The minimum absolute atomic E-state index is 0.104. The topological polar surface area (TPSA) is 68.8 Å². The van der Waals surface area contributed by atoms with Crippen LogP contribution in [0.4, 0.5) is 4.79 Å². The Morgan fingerprint density at radius 2 is 2.32 bits per heavy atom. The average molecular weight is 272 g/mol. The molecule has 0 aromatic rings. The summed E-state index contributed by atoms with van der Waals surface area (Å²) in [6.07, 6.45) is 1.43. The van der Waals surface area contributed by atoms with Crippen molar-refractivity contribution in [1.29, 1.82) is 0 Å². The van der Waals surface area contributed by atoms with Crippen LogP contribution in [0, 0.1) is 0 Å². The quantitative estimate of drug-likeness (QED) is 0.785. The second kappa shape index (κ2) is 5.64. The summed E-state index contributed by atoms with van der Waals surface area (Å²) in [5, 5.41) is 5.99. The fourth-order valence-electron chi connectivity index (χ4n) is 2.30. The number of hydrogen-bond donors (Lipinski definition) is 2. The van der Waals surface area contributed by atoms with Crippen molar-refractivity contribution < 1.29 is 19.0 Å². The molecule has 0 aromatic heterocycles. The molecule has 6 heteroatoms. The second-order valence-electron chi connectivity index (χ2n) is 6.12. The van der Waals surface area contributed by atoms with Gasteiger partial charge in [0.15, 0.2) is 5.79 Å². The minimum Gasteiger partial charge on any atom is -0.444 e. The van der Waals surface area contributed by atoms with E-state index in [9.17, 15) is 4.79 Å². The molecule has 1 unspecified atom stereocenters. The highest BCUT2D eigenvalue weighted by Crippen LogP contribution is 2.29. The lowest BCUT2D eigenvalue weighted by atomic mass is 10.1. The summed E-state index contributed by atoms with van der Waals surface area (Å²) in [4.78, 5) is 11.5. The maximum absolute atomic E-state index is 11.5. The third-order valence-corrected chi connectivity index (χ3v) is 3.09. The summed E-state index contributed by atoms with van der Waals surface area (Å²) in [7, 11) is 0. The van der Waals surface area contributed by atoms with Gasteiger partial charge in [0.05, 0.1) is 6.61 Å². The first-order chi connectivity index (χ1) is 8.89. The van der Waals surface area contributed by atoms with Gasteiger partial charge >= 0.3 is 6.09 Å². The van der Waals surface area contributed by atoms with Crippen molar-refractivity contribution in [1.82, 2.24) is 10.6 Å². The van der Waals surface area contributed by atoms with Gasteiger partial charge in [-0.3, -0.25) is 0 Å². The summed E-state index contributed by atoms with van der Waals surface area (Å²) < 4.78 is 16.8. The molecular formula is C13H24N2O4. The van der Waals surface area contributed by atoms with E-state index in [-0.39, 0.29) is 6.10 Å². The van der Waals surface area contributed by atoms with Gasteiger partial charge in [0.1, 0.15) is 11.7 Å². The molecule has 2 aliphatic heterocycles. The molecule has 0 bridgehead atoms. The number of hydrogen-bond acceptors (Lipinski definition) is 5. The summed E-state index contributed by atoms with van der Waals surface area (Å²) in [6.45, 7) is 8.17. The number of amides is 1. The normalized spacial score (nSPS) is 31.4. The van der Waals surface area contributed by atoms with E-state index in [1.807, 2.05) is 20.8 Å². The van der Waals surface area contributed by atoms with Gasteiger partial charge in [0.25, 0.3) is 0 Å². The Kier molecular flexibility index (Phi) is 4.32. The van der Waals surface area contributed by atoms with Crippen LogP contribution in [0.3, 0.4) is 0 Å². The first-order valence-corrected chi connectivity index (χ1v) is 6.88. The molecule has 2 aliphatic rings. The molecule has 1 amide bonds. The number of ether oxygens (including phenoxy) is 3. The highest BCUT2D eigenvalue weighted by Gasteiger charge is 2.42. The van der Waals surface area contributed by atoms with Gasteiger partial charge in [-0.15, -0.1) is 0 Å². The Balaban J connectivity index is 1.72. The predicted molar refractivity (Wildman–Crippen MR) is 69.9 cm³/mol. The van der Waals surface area contributed by atoms with Crippen LogP contribution in [0.1, 0.15) is 33.6 Å². The molecule has 0 radical (unpaired) electrons. The van der Waals surface area contributed by atoms with E-state index in [4.69, 9.17) is 14.2 Å². The summed E-state index contributed by atoms with van der Waals surface area (Å²) in [5.41, 5.74) is -0.481. The van der Waals surface area contributed by atoms with E-state index >= 15 is 0 Å². The maximum atomic E-state index is 11.5. The zero-order chi connectivity index (χ0) is 13.9. The fourth-order valence-corrected chi connectivity index (χ4v) is 2.30. The van der Waals surface area contributed by atoms with E-state index in [0.29, 0.717) is 13.2 Å². The van der Waals surface area contributed by atoms with Crippen molar-refractivity contribution in [3.05, 3.63) is 0 Å². The highest BCUT2D eigenvalue weighted by molar-refractivity contribution is 5.67. The molecule has 0 aromatic carbocycles. The first-order valence-electron chi connectivity index (χ1n) is 6.88. The van der Waals surface area contributed by atoms with Gasteiger partial charge in [-0.05, 0) is 33.7 Å². The van der Waals surface area contributed by atoms with E-state index < -0.39 is 17.5 Å². The minimum atomic E-state index is -0.488. The van der Waals surface area contributed by atoms with E-state index in [2.05, 4.69) is 10.6 Å². The molecule has 2 rings (SSSR count). The molecule has 6 nitrogen and oxygen atoms in total. The van der Waals surface area contributed by atoms with Crippen molar-refractivity contribution in [2.75, 3.05) is 26.2 Å². The zero-order valence-electron chi connectivity index (χ0n) is 12.0. The summed E-state index contributed by atoms with van der Waals surface area (Å²) in [6, 6.07) is 0. The first kappa shape index (κ1) is 14.6. The second-order valence-corrected chi connectivity index (χ2v) is 6.12. The number of piperidine rings is 1. The number of nitrogens with one attached hydrogen (secondary N) is 2. The highest BCUT2D eigenvalue weighted by atomic mass is 16.7. The van der Waals surface area contributed by atoms with E-state index in [0.717, 1.165) is 25.9 Å². The third kappa shape index (κ3) is 4.33. The lowest BCUT2D eigenvalue weighted by Crippen LogP contribution is -2.47. The Morgan fingerprint density at radius 1 is 1.53 bits per heavy atom. The molecule has 2 N–H and O–H groups in total. The van der Waals surface area contributed by atoms with E-state index in [1.165, 1.54) is 0 Å². The Labute approximate surface area is 114 Å². The SMILES string of the molecule is CC(C)(C)OC(=O)NC[C@H]1COC2(CCCNC2)O1. The van der Waals surface area contributed by atoms with E-state index in [1.54, 1.807) is 0 Å². The van der Waals surface area contributed by atoms with Crippen molar-refractivity contribution in [3.63, 3.8) is 0 Å². The van der Waals surface area contributed by atoms with Crippen LogP contribution >= 0.6 is 0 Å². The number of rotatable bonds is 2. The van der Waals surface area contributed by atoms with Crippen LogP contribution in [0.25, 0.3) is 0 Å². The Bertz CT molecular complexity index is 321. The predicted octanol–water partition coefficient (Wildman–Crippen LogP) is 1.01. The zero-order valence-corrected chi connectivity index (χ0v) is 12.0. The van der Waals surface area contributed by atoms with Crippen molar-refractivity contribution in [2.24, 2.45) is 0 Å². The maximum Gasteiger partial charge on any atom is 0.407 e. The van der Waals surface area contributed by atoms with Crippen LogP contribution < -0.4 is 10.6 Å². The molecule has 0 saturated carbocycles. The molecule has 0 aliphatic carbocycles. The lowest BCUT2D eigenvalue weighted by molar-refractivity contribution is -0.176. The standard InChI is InChI=1S/C13H24N2O4/c1-12(2,3)19-11(16)15-7-10-8-17-13(18-10)5-4-6-14-9-13/h10,14H,4-9H2,1-3H3,(H,15,16)/t10-,13?/m0/s1. The van der Waals surface area contributed by atoms with Crippen LogP contribution in [-0.4, -0.2) is 49.8 Å². The summed E-state index contributed by atoms with van der Waals surface area (Å²) >= 11 is 0. The van der Waals surface area contributed by atoms with Gasteiger partial charge in [0, 0.05) is 19.5 Å². The van der Waals surface area contributed by atoms with Gasteiger partial charge in [-0.25, -0.2) is 4.79 Å². The van der Waals surface area contributed by atoms with Gasteiger partial charge < -0.3 is 24.8 Å². The Morgan fingerprint density at radius 3 is 2.95 bits per heavy atom. The van der Waals surface area contributed by atoms with Crippen molar-refractivity contribution >= 4 is 6.09 Å². The van der Waals surface area contributed by atoms with Crippen LogP contribution in [-0.2, 0) is 14.2 Å². The molecule has 2 heterocycles. The van der Waals surface area contributed by atoms with Crippen LogP contribution in [0.5, 0.6) is 0 Å². The molecular weight excluding hydrogens is 248 g/mol. The van der Waals surface area contributed by atoms with Crippen molar-refractivity contribution in [3.8, 4) is 0 Å². The number of carbonyl (C=O) groups excluding carboxylic acids is 1. The Hall–Kier alpha value is -0.850. The monoisotopic (exact) mass is 272 g/mol.